The molecule has 3 nitrogen and oxygen atoms in total. The number of hydrogen-bond donors (Lipinski definition) is 1. The molecule has 1 aromatic carbocycles. The lowest BCUT2D eigenvalue weighted by atomic mass is 10.1. The maximum atomic E-state index is 13.3. The molecule has 98 valence electrons. The van der Waals surface area contributed by atoms with Gasteiger partial charge in [-0.15, -0.1) is 0 Å². The first kappa shape index (κ1) is 12.9. The normalized spacial score (nSPS) is 14.9. The van der Waals surface area contributed by atoms with E-state index in [1.54, 1.807) is 6.07 Å². The molecule has 0 bridgehead atoms. The molecule has 0 atom stereocenters. The van der Waals surface area contributed by atoms with E-state index in [0.29, 0.717) is 29.8 Å². The van der Waals surface area contributed by atoms with Crippen LogP contribution in [0.15, 0.2) is 18.2 Å². The van der Waals surface area contributed by atoms with Crippen molar-refractivity contribution in [1.29, 1.82) is 0 Å². The van der Waals surface area contributed by atoms with Crippen molar-refractivity contribution < 1.29 is 9.18 Å². The van der Waals surface area contributed by atoms with Crippen molar-refractivity contribution in [3.05, 3.63) is 29.6 Å². The van der Waals surface area contributed by atoms with Crippen LogP contribution in [0.1, 0.15) is 37.0 Å². The van der Waals surface area contributed by atoms with Crippen molar-refractivity contribution in [2.75, 3.05) is 12.3 Å². The zero-order valence-corrected chi connectivity index (χ0v) is 10.8. The van der Waals surface area contributed by atoms with Crippen LogP contribution in [0.2, 0.25) is 0 Å². The van der Waals surface area contributed by atoms with E-state index in [0.717, 1.165) is 12.8 Å². The van der Waals surface area contributed by atoms with Gasteiger partial charge in [0, 0.05) is 23.8 Å². The Morgan fingerprint density at radius 2 is 2.11 bits per heavy atom. The van der Waals surface area contributed by atoms with E-state index < -0.39 is 5.82 Å². The van der Waals surface area contributed by atoms with Gasteiger partial charge in [-0.25, -0.2) is 4.39 Å². The van der Waals surface area contributed by atoms with E-state index in [4.69, 9.17) is 5.73 Å². The Morgan fingerprint density at radius 1 is 1.44 bits per heavy atom. The highest BCUT2D eigenvalue weighted by atomic mass is 19.1. The van der Waals surface area contributed by atoms with E-state index in [1.165, 1.54) is 12.1 Å². The summed E-state index contributed by atoms with van der Waals surface area (Å²) in [7, 11) is 0. The lowest BCUT2D eigenvalue weighted by Gasteiger charge is -2.24. The van der Waals surface area contributed by atoms with Crippen LogP contribution in [0.25, 0.3) is 0 Å². The second-order valence-electron chi connectivity index (χ2n) is 5.36. The highest BCUT2D eigenvalue weighted by molar-refractivity contribution is 5.95. The Labute approximate surface area is 107 Å². The van der Waals surface area contributed by atoms with Gasteiger partial charge in [-0.2, -0.15) is 0 Å². The molecule has 0 unspecified atom stereocenters. The van der Waals surface area contributed by atoms with Gasteiger partial charge in [-0.1, -0.05) is 13.8 Å². The molecule has 0 spiro atoms. The molecule has 4 heteroatoms. The zero-order chi connectivity index (χ0) is 13.3. The average molecular weight is 250 g/mol. The number of carbonyl (C=O) groups excluding carboxylic acids is 1. The lowest BCUT2D eigenvalue weighted by molar-refractivity contribution is 0.0722. The number of nitrogen functional groups attached to an aromatic ring is 1. The maximum absolute atomic E-state index is 13.3. The number of amides is 1. The fraction of sp³-hybridized carbons (Fsp3) is 0.500. The molecule has 1 aliphatic carbocycles. The first-order chi connectivity index (χ1) is 8.47. The summed E-state index contributed by atoms with van der Waals surface area (Å²) in [5.74, 6) is -0.170. The third-order valence-corrected chi connectivity index (χ3v) is 2.98. The van der Waals surface area contributed by atoms with Crippen molar-refractivity contribution in [2.24, 2.45) is 5.92 Å². The predicted molar refractivity (Wildman–Crippen MR) is 69.7 cm³/mol. The Morgan fingerprint density at radius 3 is 2.61 bits per heavy atom. The third kappa shape index (κ3) is 3.00. The zero-order valence-electron chi connectivity index (χ0n) is 10.8. The molecule has 0 radical (unpaired) electrons. The summed E-state index contributed by atoms with van der Waals surface area (Å²) in [4.78, 5) is 14.2. The predicted octanol–water partition coefficient (Wildman–Crippen LogP) is 2.67. The summed E-state index contributed by atoms with van der Waals surface area (Å²) >= 11 is 0. The molecular weight excluding hydrogens is 231 g/mol. The molecule has 18 heavy (non-hydrogen) atoms. The highest BCUT2D eigenvalue weighted by Crippen LogP contribution is 2.29. The molecule has 0 aliphatic heterocycles. The summed E-state index contributed by atoms with van der Waals surface area (Å²) in [6, 6.07) is 4.35. The molecule has 2 N–H and O–H groups in total. The Balaban J connectivity index is 2.21. The van der Waals surface area contributed by atoms with Gasteiger partial charge in [0.15, 0.2) is 0 Å². The number of hydrogen-bond acceptors (Lipinski definition) is 2. The van der Waals surface area contributed by atoms with Gasteiger partial charge in [0.05, 0.1) is 0 Å². The fourth-order valence-corrected chi connectivity index (χ4v) is 2.08. The van der Waals surface area contributed by atoms with Crippen LogP contribution in [0.4, 0.5) is 10.1 Å². The summed E-state index contributed by atoms with van der Waals surface area (Å²) in [5, 5.41) is 0. The molecule has 1 saturated carbocycles. The molecule has 1 fully saturated rings. The summed E-state index contributed by atoms with van der Waals surface area (Å²) in [5.41, 5.74) is 6.22. The summed E-state index contributed by atoms with van der Waals surface area (Å²) in [6.07, 6.45) is 2.09. The first-order valence-electron chi connectivity index (χ1n) is 6.34. The number of anilines is 1. The van der Waals surface area contributed by atoms with Crippen LogP contribution >= 0.6 is 0 Å². The van der Waals surface area contributed by atoms with Crippen molar-refractivity contribution >= 4 is 11.6 Å². The molecule has 2 rings (SSSR count). The second kappa shape index (κ2) is 4.96. The fourth-order valence-electron chi connectivity index (χ4n) is 2.08. The van der Waals surface area contributed by atoms with Crippen molar-refractivity contribution in [1.82, 2.24) is 4.90 Å². The van der Waals surface area contributed by atoms with Crippen molar-refractivity contribution in [2.45, 2.75) is 32.7 Å². The number of nitrogens with zero attached hydrogens (tertiary/aromatic N) is 1. The van der Waals surface area contributed by atoms with Crippen molar-refractivity contribution in [3.8, 4) is 0 Å². The first-order valence-corrected chi connectivity index (χ1v) is 6.34. The van der Waals surface area contributed by atoms with E-state index in [9.17, 15) is 9.18 Å². The van der Waals surface area contributed by atoms with Crippen LogP contribution in [-0.2, 0) is 0 Å². The van der Waals surface area contributed by atoms with Gasteiger partial charge >= 0.3 is 0 Å². The number of carbonyl (C=O) groups is 1. The molecule has 1 amide bonds. The number of rotatable bonds is 4. The van der Waals surface area contributed by atoms with Gasteiger partial charge in [0.2, 0.25) is 0 Å². The van der Waals surface area contributed by atoms with Gasteiger partial charge < -0.3 is 10.6 Å². The van der Waals surface area contributed by atoms with E-state index in [1.807, 2.05) is 4.90 Å². The monoisotopic (exact) mass is 250 g/mol. The van der Waals surface area contributed by atoms with Gasteiger partial charge in [-0.3, -0.25) is 4.79 Å². The maximum Gasteiger partial charge on any atom is 0.254 e. The van der Waals surface area contributed by atoms with E-state index in [-0.39, 0.29) is 5.91 Å². The standard InChI is InChI=1S/C14H19FN2O/c1-9(2)8-17(13-3-4-13)14(18)10-5-11(15)7-12(16)6-10/h5-7,9,13H,3-4,8,16H2,1-2H3. The van der Waals surface area contributed by atoms with Crippen LogP contribution in [0.5, 0.6) is 0 Å². The molecule has 0 heterocycles. The smallest absolute Gasteiger partial charge is 0.254 e. The van der Waals surface area contributed by atoms with Gasteiger partial charge in [0.1, 0.15) is 5.82 Å². The van der Waals surface area contributed by atoms with Crippen LogP contribution in [0, 0.1) is 11.7 Å². The molecule has 1 aromatic rings. The minimum atomic E-state index is -0.460. The topological polar surface area (TPSA) is 46.3 Å². The van der Waals surface area contributed by atoms with Crippen LogP contribution in [-0.4, -0.2) is 23.4 Å². The lowest BCUT2D eigenvalue weighted by Crippen LogP contribution is -2.36. The molecular formula is C14H19FN2O. The number of benzene rings is 1. The second-order valence-corrected chi connectivity index (χ2v) is 5.36. The number of halogens is 1. The minimum Gasteiger partial charge on any atom is -0.399 e. The Bertz CT molecular complexity index is 435. The SMILES string of the molecule is CC(C)CN(C(=O)c1cc(N)cc(F)c1)C1CC1. The number of nitrogens with two attached hydrogens (primary N) is 1. The average Bonchev–Trinajstić information content (AvgIpc) is 3.07. The summed E-state index contributed by atoms with van der Waals surface area (Å²) in [6.45, 7) is 4.85. The van der Waals surface area contributed by atoms with Gasteiger partial charge in [-0.05, 0) is 37.0 Å². The van der Waals surface area contributed by atoms with Gasteiger partial charge in [0.25, 0.3) is 5.91 Å². The third-order valence-electron chi connectivity index (χ3n) is 2.98. The Hall–Kier alpha value is -1.58. The Kier molecular flexibility index (Phi) is 3.55. The van der Waals surface area contributed by atoms with E-state index in [2.05, 4.69) is 13.8 Å². The molecule has 1 aliphatic rings. The summed E-state index contributed by atoms with van der Waals surface area (Å²) < 4.78 is 13.3. The molecule has 0 aromatic heterocycles. The van der Waals surface area contributed by atoms with Crippen molar-refractivity contribution in [3.63, 3.8) is 0 Å². The minimum absolute atomic E-state index is 0.114. The van der Waals surface area contributed by atoms with Crippen LogP contribution < -0.4 is 5.73 Å². The highest BCUT2D eigenvalue weighted by Gasteiger charge is 2.33. The van der Waals surface area contributed by atoms with Crippen LogP contribution in [0.3, 0.4) is 0 Å². The van der Waals surface area contributed by atoms with E-state index >= 15 is 0 Å². The largest absolute Gasteiger partial charge is 0.399 e. The molecule has 0 saturated heterocycles. The quantitative estimate of drug-likeness (QED) is 0.835.